The number of carbonyl (C=O) groups excluding carboxylic acids is 1. The number of nitrogens with two attached hydrogens (primary N) is 1. The van der Waals surface area contributed by atoms with E-state index in [0.29, 0.717) is 15.6 Å². The summed E-state index contributed by atoms with van der Waals surface area (Å²) in [6.07, 6.45) is 0. The van der Waals surface area contributed by atoms with Crippen LogP contribution in [-0.2, 0) is 13.2 Å². The highest BCUT2D eigenvalue weighted by atomic mass is 79.9. The molecule has 27 heavy (non-hydrogen) atoms. The fraction of sp³-hybridized carbons (Fsp3) is 0.0952. The number of nitrogens with zero attached hydrogens (tertiary/aromatic N) is 1. The summed E-state index contributed by atoms with van der Waals surface area (Å²) >= 11 is 3.27. The number of hydrogen-bond donors (Lipinski definition) is 2. The van der Waals surface area contributed by atoms with Crippen LogP contribution in [0, 0.1) is 5.82 Å². The Kier molecular flexibility index (Phi) is 4.45. The minimum Gasteiger partial charge on any atom is -0.392 e. The third-order valence-corrected chi connectivity index (χ3v) is 5.24. The maximum absolute atomic E-state index is 14.4. The van der Waals surface area contributed by atoms with Crippen molar-refractivity contribution in [2.45, 2.75) is 13.2 Å². The minimum atomic E-state index is -0.513. The van der Waals surface area contributed by atoms with Crippen LogP contribution in [-0.4, -0.2) is 15.6 Å². The number of rotatable bonds is 4. The Morgan fingerprint density at radius 3 is 2.63 bits per heavy atom. The van der Waals surface area contributed by atoms with Crippen molar-refractivity contribution in [1.82, 2.24) is 4.57 Å². The molecule has 0 aliphatic rings. The molecule has 0 aliphatic carbocycles. The number of halogens is 2. The monoisotopic (exact) mass is 426 g/mol. The van der Waals surface area contributed by atoms with E-state index in [2.05, 4.69) is 15.9 Å². The van der Waals surface area contributed by atoms with E-state index in [1.807, 2.05) is 28.8 Å². The van der Waals surface area contributed by atoms with E-state index in [1.54, 1.807) is 24.3 Å². The van der Waals surface area contributed by atoms with Gasteiger partial charge in [0.05, 0.1) is 18.7 Å². The number of hydrogen-bond acceptors (Lipinski definition) is 2. The van der Waals surface area contributed by atoms with Crippen LogP contribution in [0.2, 0.25) is 0 Å². The number of aliphatic hydroxyl groups is 1. The molecule has 1 amide bonds. The summed E-state index contributed by atoms with van der Waals surface area (Å²) in [7, 11) is 0. The van der Waals surface area contributed by atoms with Crippen LogP contribution in [0.25, 0.3) is 21.8 Å². The molecule has 0 spiro atoms. The Balaban J connectivity index is 2.04. The van der Waals surface area contributed by atoms with Crippen LogP contribution in [0.4, 0.5) is 4.39 Å². The van der Waals surface area contributed by atoms with Gasteiger partial charge < -0.3 is 15.4 Å². The van der Waals surface area contributed by atoms with Gasteiger partial charge in [-0.2, -0.15) is 0 Å². The molecule has 0 saturated carbocycles. The van der Waals surface area contributed by atoms with Gasteiger partial charge in [0.25, 0.3) is 0 Å². The highest BCUT2D eigenvalue weighted by Crippen LogP contribution is 2.33. The second-order valence-corrected chi connectivity index (χ2v) is 7.31. The summed E-state index contributed by atoms with van der Waals surface area (Å²) < 4.78 is 17.1. The number of aliphatic hydroxyl groups excluding tert-OH is 1. The van der Waals surface area contributed by atoms with Crippen molar-refractivity contribution in [2.75, 3.05) is 0 Å². The number of fused-ring (bicyclic) bond motifs is 3. The summed E-state index contributed by atoms with van der Waals surface area (Å²) in [4.78, 5) is 11.9. The fourth-order valence-electron chi connectivity index (χ4n) is 3.48. The minimum absolute atomic E-state index is 0.104. The van der Waals surface area contributed by atoms with Gasteiger partial charge in [-0.05, 0) is 35.9 Å². The van der Waals surface area contributed by atoms with Crippen LogP contribution >= 0.6 is 15.9 Å². The van der Waals surface area contributed by atoms with Gasteiger partial charge in [0.2, 0.25) is 5.91 Å². The molecule has 0 unspecified atom stereocenters. The van der Waals surface area contributed by atoms with Crippen molar-refractivity contribution in [1.29, 1.82) is 0 Å². The molecule has 0 bridgehead atoms. The number of benzene rings is 3. The Morgan fingerprint density at radius 2 is 1.93 bits per heavy atom. The van der Waals surface area contributed by atoms with Gasteiger partial charge in [0.15, 0.2) is 0 Å². The smallest absolute Gasteiger partial charge is 0.249 e. The molecule has 3 N–H and O–H groups in total. The van der Waals surface area contributed by atoms with E-state index in [9.17, 15) is 14.3 Å². The average molecular weight is 427 g/mol. The van der Waals surface area contributed by atoms with Crippen molar-refractivity contribution in [3.63, 3.8) is 0 Å². The lowest BCUT2D eigenvalue weighted by Gasteiger charge is -2.10. The topological polar surface area (TPSA) is 68.2 Å². The molecule has 3 aromatic carbocycles. The third kappa shape index (κ3) is 3.01. The first-order valence-corrected chi connectivity index (χ1v) is 9.17. The molecular formula is C21H16BrFN2O2. The highest BCUT2D eigenvalue weighted by Gasteiger charge is 2.17. The summed E-state index contributed by atoms with van der Waals surface area (Å²) in [5.41, 5.74) is 8.86. The van der Waals surface area contributed by atoms with E-state index in [1.165, 1.54) is 6.07 Å². The van der Waals surface area contributed by atoms with E-state index >= 15 is 0 Å². The van der Waals surface area contributed by atoms with E-state index in [0.717, 1.165) is 27.4 Å². The Hall–Kier alpha value is -2.70. The van der Waals surface area contributed by atoms with E-state index in [4.69, 9.17) is 5.73 Å². The summed E-state index contributed by atoms with van der Waals surface area (Å²) in [6.45, 7) is 0.184. The first-order chi connectivity index (χ1) is 13.0. The maximum atomic E-state index is 14.4. The van der Waals surface area contributed by atoms with E-state index in [-0.39, 0.29) is 19.0 Å². The first-order valence-electron chi connectivity index (χ1n) is 8.38. The second-order valence-electron chi connectivity index (χ2n) is 6.40. The standard InChI is InChI=1S/C21H16BrFN2O2/c22-14-6-5-13(17(23)9-14)10-25-18-3-1-2-16(21(24)27)20(18)15-7-4-12(11-26)8-19(15)25/h1-9,26H,10-11H2,(H2,24,27). The van der Waals surface area contributed by atoms with Gasteiger partial charge in [-0.1, -0.05) is 40.2 Å². The predicted octanol–water partition coefficient (Wildman–Crippen LogP) is 4.34. The average Bonchev–Trinajstić information content (AvgIpc) is 2.97. The highest BCUT2D eigenvalue weighted by molar-refractivity contribution is 9.10. The summed E-state index contributed by atoms with van der Waals surface area (Å²) in [6, 6.07) is 15.8. The third-order valence-electron chi connectivity index (χ3n) is 4.75. The number of aromatic nitrogens is 1. The predicted molar refractivity (Wildman–Crippen MR) is 107 cm³/mol. The van der Waals surface area contributed by atoms with Gasteiger partial charge >= 0.3 is 0 Å². The number of amides is 1. The molecule has 6 heteroatoms. The molecule has 0 fully saturated rings. The van der Waals surface area contributed by atoms with Crippen LogP contribution < -0.4 is 5.73 Å². The zero-order valence-corrected chi connectivity index (χ0v) is 15.8. The van der Waals surface area contributed by atoms with Crippen molar-refractivity contribution >= 4 is 43.6 Å². The lowest BCUT2D eigenvalue weighted by atomic mass is 10.0. The number of carbonyl (C=O) groups is 1. The van der Waals surface area contributed by atoms with Gasteiger partial charge in [-0.3, -0.25) is 4.79 Å². The van der Waals surface area contributed by atoms with Crippen LogP contribution in [0.1, 0.15) is 21.5 Å². The van der Waals surface area contributed by atoms with Gasteiger partial charge in [0, 0.05) is 31.9 Å². The molecule has 0 saturated heterocycles. The Bertz CT molecular complexity index is 1200. The van der Waals surface area contributed by atoms with Crippen molar-refractivity contribution in [3.05, 3.63) is 81.6 Å². The van der Waals surface area contributed by atoms with Gasteiger partial charge in [0.1, 0.15) is 5.82 Å². The van der Waals surface area contributed by atoms with Crippen molar-refractivity contribution in [3.8, 4) is 0 Å². The number of primary amides is 1. The molecule has 1 heterocycles. The molecule has 1 aromatic heterocycles. The Labute approximate surface area is 163 Å². The summed E-state index contributed by atoms with van der Waals surface area (Å²) in [5, 5.41) is 11.1. The lowest BCUT2D eigenvalue weighted by Crippen LogP contribution is -2.11. The van der Waals surface area contributed by atoms with Crippen molar-refractivity contribution < 1.29 is 14.3 Å². The molecule has 0 atom stereocenters. The fourth-order valence-corrected chi connectivity index (χ4v) is 3.82. The maximum Gasteiger partial charge on any atom is 0.249 e. The summed E-state index contributed by atoms with van der Waals surface area (Å²) in [5.74, 6) is -0.829. The zero-order valence-electron chi connectivity index (χ0n) is 14.2. The Morgan fingerprint density at radius 1 is 1.11 bits per heavy atom. The molecule has 4 rings (SSSR count). The molecular weight excluding hydrogens is 411 g/mol. The molecule has 4 nitrogen and oxygen atoms in total. The SMILES string of the molecule is NC(=O)c1cccc2c1c1ccc(CO)cc1n2Cc1ccc(Br)cc1F. The van der Waals surface area contributed by atoms with Crippen LogP contribution in [0.15, 0.2) is 59.1 Å². The van der Waals surface area contributed by atoms with Gasteiger partial charge in [-0.25, -0.2) is 4.39 Å². The van der Waals surface area contributed by atoms with Gasteiger partial charge in [-0.15, -0.1) is 0 Å². The second kappa shape index (κ2) is 6.79. The quantitative estimate of drug-likeness (QED) is 0.509. The largest absolute Gasteiger partial charge is 0.392 e. The van der Waals surface area contributed by atoms with E-state index < -0.39 is 5.91 Å². The van der Waals surface area contributed by atoms with Crippen LogP contribution in [0.5, 0.6) is 0 Å². The first kappa shape index (κ1) is 17.7. The molecule has 0 radical (unpaired) electrons. The van der Waals surface area contributed by atoms with Crippen molar-refractivity contribution in [2.24, 2.45) is 5.73 Å². The lowest BCUT2D eigenvalue weighted by molar-refractivity contribution is 0.100. The molecule has 136 valence electrons. The normalized spacial score (nSPS) is 11.4. The molecule has 4 aromatic rings. The zero-order chi connectivity index (χ0) is 19.1. The van der Waals surface area contributed by atoms with Crippen LogP contribution in [0.3, 0.4) is 0 Å². The molecule has 0 aliphatic heterocycles.